The summed E-state index contributed by atoms with van der Waals surface area (Å²) in [6, 6.07) is 2.15. The van der Waals surface area contributed by atoms with E-state index in [9.17, 15) is 27.9 Å². The second kappa shape index (κ2) is 10.3. The van der Waals surface area contributed by atoms with Gasteiger partial charge in [0, 0.05) is 23.9 Å². The first-order valence-corrected chi connectivity index (χ1v) is 11.6. The molecule has 198 valence electrons. The smallest absolute Gasteiger partial charge is 0.355 e. The van der Waals surface area contributed by atoms with Gasteiger partial charge in [0.05, 0.1) is 43.0 Å². The average molecular weight is 550 g/mol. The number of aromatic nitrogens is 4. The van der Waals surface area contributed by atoms with Gasteiger partial charge in [-0.3, -0.25) is 4.57 Å². The Hall–Kier alpha value is -4.14. The summed E-state index contributed by atoms with van der Waals surface area (Å²) < 4.78 is 48.3. The first-order chi connectivity index (χ1) is 18.2. The third-order valence-corrected chi connectivity index (χ3v) is 6.15. The highest BCUT2D eigenvalue weighted by atomic mass is 35.5. The molecule has 5 rings (SSSR count). The average Bonchev–Trinajstić information content (AvgIpc) is 3.52. The molecule has 0 bridgehead atoms. The molecule has 0 spiro atoms. The molecule has 2 aromatic heterocycles. The molecule has 11 nitrogen and oxygen atoms in total. The van der Waals surface area contributed by atoms with Crippen molar-refractivity contribution in [3.05, 3.63) is 109 Å². The number of fused-ring (bicyclic) bond motifs is 1. The Labute approximate surface area is 216 Å². The predicted octanol–water partition coefficient (Wildman–Crippen LogP) is 1.40. The number of hydrazine groups is 1. The first kappa shape index (κ1) is 25.5. The van der Waals surface area contributed by atoms with Crippen LogP contribution in [0.3, 0.4) is 0 Å². The van der Waals surface area contributed by atoms with Gasteiger partial charge in [-0.15, -0.1) is 0 Å². The number of benzene rings is 1. The fraction of sp³-hybridized carbons (Fsp3) is 0.217. The summed E-state index contributed by atoms with van der Waals surface area (Å²) in [5, 5.41) is 17.6. The number of halogens is 4. The molecule has 0 radical (unpaired) electrons. The van der Waals surface area contributed by atoms with E-state index >= 15 is 0 Å². The van der Waals surface area contributed by atoms with E-state index in [1.54, 1.807) is 23.4 Å². The molecule has 1 aromatic carbocycles. The zero-order valence-electron chi connectivity index (χ0n) is 19.4. The Balaban J connectivity index is 1.57. The second-order valence-corrected chi connectivity index (χ2v) is 8.78. The van der Waals surface area contributed by atoms with Crippen LogP contribution in [-0.4, -0.2) is 48.6 Å². The van der Waals surface area contributed by atoms with Crippen LogP contribution < -0.4 is 22.1 Å². The highest BCUT2D eigenvalue weighted by Gasteiger charge is 2.27. The van der Waals surface area contributed by atoms with Crippen molar-refractivity contribution in [2.45, 2.75) is 19.1 Å². The van der Waals surface area contributed by atoms with Crippen LogP contribution in [-0.2, 0) is 13.1 Å². The number of anilines is 1. The fourth-order valence-corrected chi connectivity index (χ4v) is 4.20. The van der Waals surface area contributed by atoms with Crippen LogP contribution in [0.4, 0.5) is 19.1 Å². The van der Waals surface area contributed by atoms with Gasteiger partial charge in [-0.1, -0.05) is 16.8 Å². The van der Waals surface area contributed by atoms with Crippen LogP contribution in [0.1, 0.15) is 11.3 Å². The SMILES string of the molecule is O=c1nc(NC2=CC3=CN(CCO)NC3C=C2Cl)n(Cc2cc(F)c(F)cc2F)c(=O)n1Cc1ccon1. The number of rotatable bonds is 8. The van der Waals surface area contributed by atoms with Gasteiger partial charge in [-0.2, -0.15) is 4.98 Å². The lowest BCUT2D eigenvalue weighted by atomic mass is 10.0. The van der Waals surface area contributed by atoms with Crippen molar-refractivity contribution >= 4 is 17.5 Å². The van der Waals surface area contributed by atoms with Crippen molar-refractivity contribution in [3.8, 4) is 0 Å². The van der Waals surface area contributed by atoms with Crippen LogP contribution >= 0.6 is 11.6 Å². The molecule has 0 fully saturated rings. The van der Waals surface area contributed by atoms with Crippen molar-refractivity contribution in [1.82, 2.24) is 29.7 Å². The van der Waals surface area contributed by atoms with E-state index in [0.717, 1.165) is 14.7 Å². The molecule has 38 heavy (non-hydrogen) atoms. The summed E-state index contributed by atoms with van der Waals surface area (Å²) in [7, 11) is 0. The maximum absolute atomic E-state index is 14.5. The third-order valence-electron chi connectivity index (χ3n) is 5.82. The molecule has 15 heteroatoms. The number of β-amino-alcohol motifs (C(OH)–C–C–N with tert-alkyl or cyclic N) is 1. The Morgan fingerprint density at radius 1 is 1.13 bits per heavy atom. The molecule has 3 heterocycles. The van der Waals surface area contributed by atoms with Crippen molar-refractivity contribution in [1.29, 1.82) is 0 Å². The fourth-order valence-electron chi connectivity index (χ4n) is 3.98. The van der Waals surface area contributed by atoms with E-state index in [4.69, 9.17) is 16.1 Å². The van der Waals surface area contributed by atoms with Crippen molar-refractivity contribution in [3.63, 3.8) is 0 Å². The van der Waals surface area contributed by atoms with E-state index in [1.165, 1.54) is 12.3 Å². The monoisotopic (exact) mass is 549 g/mol. The Morgan fingerprint density at radius 3 is 2.66 bits per heavy atom. The van der Waals surface area contributed by atoms with Crippen LogP contribution in [0.15, 0.2) is 73.2 Å². The van der Waals surface area contributed by atoms with Crippen LogP contribution in [0.25, 0.3) is 0 Å². The molecular weight excluding hydrogens is 531 g/mol. The van der Waals surface area contributed by atoms with Gasteiger partial charge in [0.1, 0.15) is 17.8 Å². The van der Waals surface area contributed by atoms with Gasteiger partial charge in [-0.25, -0.2) is 32.8 Å². The molecule has 0 saturated carbocycles. The predicted molar refractivity (Wildman–Crippen MR) is 128 cm³/mol. The van der Waals surface area contributed by atoms with E-state index in [1.807, 2.05) is 0 Å². The number of aliphatic hydroxyl groups excluding tert-OH is 1. The van der Waals surface area contributed by atoms with E-state index in [0.29, 0.717) is 18.7 Å². The van der Waals surface area contributed by atoms with Crippen LogP contribution in [0.2, 0.25) is 0 Å². The number of hydrogen-bond donors (Lipinski definition) is 3. The number of nitrogens with one attached hydrogen (secondary N) is 2. The molecule has 0 saturated heterocycles. The lowest BCUT2D eigenvalue weighted by Gasteiger charge is -2.22. The molecule has 1 atom stereocenters. The Bertz CT molecular complexity index is 1600. The minimum Gasteiger partial charge on any atom is -0.394 e. The molecule has 0 amide bonds. The van der Waals surface area contributed by atoms with Crippen molar-refractivity contribution in [2.75, 3.05) is 18.5 Å². The molecule has 2 aliphatic rings. The summed E-state index contributed by atoms with van der Waals surface area (Å²) in [6.07, 6.45) is 6.31. The van der Waals surface area contributed by atoms with E-state index in [-0.39, 0.29) is 47.1 Å². The number of allylic oxidation sites excluding steroid dienone is 1. The summed E-state index contributed by atoms with van der Waals surface area (Å²) in [6.45, 7) is -0.655. The molecule has 1 aliphatic carbocycles. The van der Waals surface area contributed by atoms with Gasteiger partial charge >= 0.3 is 11.4 Å². The van der Waals surface area contributed by atoms with Crippen LogP contribution in [0, 0.1) is 17.5 Å². The number of aliphatic hydroxyl groups is 1. The number of nitrogens with zero attached hydrogens (tertiary/aromatic N) is 5. The normalized spacial score (nSPS) is 16.7. The maximum atomic E-state index is 14.5. The molecule has 3 aromatic rings. The minimum absolute atomic E-state index is 0.0862. The van der Waals surface area contributed by atoms with Gasteiger partial charge in [0.2, 0.25) is 5.95 Å². The number of hydrogen-bond acceptors (Lipinski definition) is 9. The first-order valence-electron chi connectivity index (χ1n) is 11.2. The molecule has 1 unspecified atom stereocenters. The largest absolute Gasteiger partial charge is 0.394 e. The standard InChI is InChI=1S/C23H19ClF3N7O4/c24-15-7-19-13(9-32(30-19)2-3-35)6-20(15)28-21-29-22(36)34(11-14-1-4-38-31-14)23(37)33(21)10-12-5-17(26)18(27)8-16(12)25/h1,4-9,19,30,35H,2-3,10-11H2,(H,28,29,36). The second-order valence-electron chi connectivity index (χ2n) is 8.37. The Morgan fingerprint density at radius 2 is 1.92 bits per heavy atom. The summed E-state index contributed by atoms with van der Waals surface area (Å²) in [4.78, 5) is 30.2. The Kier molecular flexibility index (Phi) is 6.93. The zero-order valence-corrected chi connectivity index (χ0v) is 20.1. The van der Waals surface area contributed by atoms with Crippen molar-refractivity contribution < 1.29 is 22.8 Å². The van der Waals surface area contributed by atoms with Gasteiger partial charge in [0.25, 0.3) is 0 Å². The zero-order chi connectivity index (χ0) is 27.0. The van der Waals surface area contributed by atoms with Crippen molar-refractivity contribution in [2.24, 2.45) is 0 Å². The lowest BCUT2D eigenvalue weighted by molar-refractivity contribution is 0.203. The van der Waals surface area contributed by atoms with Crippen LogP contribution in [0.5, 0.6) is 0 Å². The molecule has 1 aliphatic heterocycles. The highest BCUT2D eigenvalue weighted by Crippen LogP contribution is 2.29. The van der Waals surface area contributed by atoms with Gasteiger partial charge in [0.15, 0.2) is 11.6 Å². The van der Waals surface area contributed by atoms with E-state index < -0.39 is 35.4 Å². The quantitative estimate of drug-likeness (QED) is 0.357. The minimum atomic E-state index is -1.39. The summed E-state index contributed by atoms with van der Waals surface area (Å²) in [5.74, 6) is -4.11. The van der Waals surface area contributed by atoms with Gasteiger partial charge < -0.3 is 20.0 Å². The topological polar surface area (TPSA) is 130 Å². The summed E-state index contributed by atoms with van der Waals surface area (Å²) in [5.41, 5.74) is 2.15. The van der Waals surface area contributed by atoms with Gasteiger partial charge in [-0.05, 0) is 23.8 Å². The maximum Gasteiger partial charge on any atom is 0.355 e. The molecular formula is C23H19ClF3N7O4. The van der Waals surface area contributed by atoms with E-state index in [2.05, 4.69) is 20.9 Å². The lowest BCUT2D eigenvalue weighted by Crippen LogP contribution is -2.43. The third kappa shape index (κ3) is 5.01. The molecule has 3 N–H and O–H groups in total. The summed E-state index contributed by atoms with van der Waals surface area (Å²) >= 11 is 6.43. The highest BCUT2D eigenvalue weighted by molar-refractivity contribution is 6.32.